The predicted octanol–water partition coefficient (Wildman–Crippen LogP) is 3.83. The maximum Gasteiger partial charge on any atom is 0.326 e. The van der Waals surface area contributed by atoms with Crippen molar-refractivity contribution in [3.63, 3.8) is 0 Å². The van der Waals surface area contributed by atoms with Gasteiger partial charge in [0, 0.05) is 31.7 Å². The van der Waals surface area contributed by atoms with Gasteiger partial charge in [0.1, 0.15) is 24.2 Å². The number of nitrogens with zero attached hydrogens (tertiary/aromatic N) is 3. The molecule has 41 heavy (non-hydrogen) atoms. The summed E-state index contributed by atoms with van der Waals surface area (Å²) in [5, 5.41) is 16.1. The molecule has 2 aliphatic heterocycles. The molecule has 0 bridgehead atoms. The molecule has 0 aliphatic carbocycles. The van der Waals surface area contributed by atoms with Crippen LogP contribution in [0.15, 0.2) is 42.5 Å². The summed E-state index contributed by atoms with van der Waals surface area (Å²) in [6.07, 6.45) is 7.84. The second-order valence-electron chi connectivity index (χ2n) is 11.5. The van der Waals surface area contributed by atoms with E-state index in [4.69, 9.17) is 9.72 Å². The predicted molar refractivity (Wildman–Crippen MR) is 161 cm³/mol. The maximum absolute atomic E-state index is 12.7. The van der Waals surface area contributed by atoms with Crippen LogP contribution in [0.25, 0.3) is 0 Å². The van der Waals surface area contributed by atoms with Gasteiger partial charge in [-0.3, -0.25) is 9.69 Å². The number of rotatable bonds is 16. The first-order valence-corrected chi connectivity index (χ1v) is 15.3. The first-order valence-electron chi connectivity index (χ1n) is 15.3. The molecular formula is C32H47N5O4. The largest absolute Gasteiger partial charge is 0.492 e. The van der Waals surface area contributed by atoms with Gasteiger partial charge in [-0.25, -0.2) is 9.78 Å². The molecule has 3 heterocycles. The summed E-state index contributed by atoms with van der Waals surface area (Å²) in [5.74, 6) is 1.05. The number of carbonyl (C=O) groups excluding carboxylic acids is 1. The Morgan fingerprint density at radius 2 is 1.93 bits per heavy atom. The molecule has 9 nitrogen and oxygen atoms in total. The second kappa shape index (κ2) is 16.3. The Morgan fingerprint density at radius 1 is 1.12 bits per heavy atom. The summed E-state index contributed by atoms with van der Waals surface area (Å²) in [5.41, 5.74) is 2.41. The molecule has 2 aromatic rings. The first-order chi connectivity index (χ1) is 20.0. The number of amides is 1. The lowest BCUT2D eigenvalue weighted by Crippen LogP contribution is -2.44. The number of aryl methyl sites for hydroxylation is 2. The van der Waals surface area contributed by atoms with Crippen LogP contribution < -0.4 is 15.4 Å². The number of anilines is 1. The molecule has 224 valence electrons. The molecule has 0 saturated carbocycles. The van der Waals surface area contributed by atoms with E-state index in [1.807, 2.05) is 30.3 Å². The van der Waals surface area contributed by atoms with Gasteiger partial charge in [-0.2, -0.15) is 0 Å². The number of likely N-dealkylation sites (tertiary alicyclic amines) is 1. The number of aromatic nitrogens is 1. The molecular weight excluding hydrogens is 518 g/mol. The van der Waals surface area contributed by atoms with Crippen LogP contribution in [0.2, 0.25) is 0 Å². The van der Waals surface area contributed by atoms with Crippen molar-refractivity contribution in [1.29, 1.82) is 0 Å². The fourth-order valence-electron chi connectivity index (χ4n) is 5.64. The molecule has 3 N–H and O–H groups in total. The average molecular weight is 566 g/mol. The molecule has 1 atom stereocenters. The van der Waals surface area contributed by atoms with E-state index in [1.165, 1.54) is 5.56 Å². The van der Waals surface area contributed by atoms with Crippen molar-refractivity contribution in [2.24, 2.45) is 5.92 Å². The quantitative estimate of drug-likeness (QED) is 0.264. The Morgan fingerprint density at radius 3 is 2.71 bits per heavy atom. The highest BCUT2D eigenvalue weighted by Gasteiger charge is 2.24. The molecule has 4 rings (SSSR count). The topological polar surface area (TPSA) is 107 Å². The van der Waals surface area contributed by atoms with E-state index in [0.717, 1.165) is 88.4 Å². The van der Waals surface area contributed by atoms with E-state index >= 15 is 0 Å². The van der Waals surface area contributed by atoms with Crippen LogP contribution >= 0.6 is 0 Å². The summed E-state index contributed by atoms with van der Waals surface area (Å²) < 4.78 is 5.93. The number of aliphatic carboxylic acids is 1. The third-order valence-corrected chi connectivity index (χ3v) is 8.21. The summed E-state index contributed by atoms with van der Waals surface area (Å²) in [4.78, 5) is 34.0. The summed E-state index contributed by atoms with van der Waals surface area (Å²) in [6, 6.07) is 13.2. The molecule has 1 aromatic heterocycles. The number of pyridine rings is 1. The Labute approximate surface area is 244 Å². The Hall–Kier alpha value is -3.17. The van der Waals surface area contributed by atoms with Gasteiger partial charge in [0.25, 0.3) is 0 Å². The van der Waals surface area contributed by atoms with Crippen LogP contribution in [0.1, 0.15) is 56.2 Å². The summed E-state index contributed by atoms with van der Waals surface area (Å²) >= 11 is 0. The minimum Gasteiger partial charge on any atom is -0.492 e. The zero-order chi connectivity index (χ0) is 28.9. The molecule has 2 aliphatic rings. The minimum atomic E-state index is -0.977. The fraction of sp³-hybridized carbons (Fsp3) is 0.594. The van der Waals surface area contributed by atoms with E-state index in [9.17, 15) is 14.7 Å². The van der Waals surface area contributed by atoms with Crippen molar-refractivity contribution in [1.82, 2.24) is 20.1 Å². The number of piperidine rings is 1. The monoisotopic (exact) mass is 565 g/mol. The molecule has 0 spiro atoms. The number of fused-ring (bicyclic) bond motifs is 1. The Bertz CT molecular complexity index is 1090. The van der Waals surface area contributed by atoms with E-state index < -0.39 is 12.0 Å². The smallest absolute Gasteiger partial charge is 0.326 e. The summed E-state index contributed by atoms with van der Waals surface area (Å²) in [7, 11) is 2.09. The number of carboxylic acid groups (broad SMARTS) is 1. The van der Waals surface area contributed by atoms with Crippen LogP contribution in [0.3, 0.4) is 0 Å². The third kappa shape index (κ3) is 10.6. The minimum absolute atomic E-state index is 0.155. The Kier molecular flexibility index (Phi) is 12.3. The van der Waals surface area contributed by atoms with Crippen molar-refractivity contribution >= 4 is 17.7 Å². The van der Waals surface area contributed by atoms with Crippen molar-refractivity contribution in [3.8, 4) is 5.75 Å². The van der Waals surface area contributed by atoms with Crippen LogP contribution in [0.4, 0.5) is 5.82 Å². The SMILES string of the molecule is CN1CCC(CC(=O)N[C@@H](CCN(CCCCc2ccc3c(n2)NCCC3)CCOc2ccccc2)C(=O)O)CC1. The number of unbranched alkanes of at least 4 members (excludes halogenated alkanes) is 1. The number of para-hydroxylation sites is 1. The normalized spacial score (nSPS) is 16.5. The van der Waals surface area contributed by atoms with Gasteiger partial charge in [0.2, 0.25) is 5.91 Å². The van der Waals surface area contributed by atoms with Gasteiger partial charge < -0.3 is 25.4 Å². The number of hydrogen-bond acceptors (Lipinski definition) is 7. The fourth-order valence-corrected chi connectivity index (χ4v) is 5.64. The van der Waals surface area contributed by atoms with Crippen molar-refractivity contribution < 1.29 is 19.4 Å². The van der Waals surface area contributed by atoms with Crippen LogP contribution in [-0.2, 0) is 22.4 Å². The van der Waals surface area contributed by atoms with Gasteiger partial charge >= 0.3 is 5.97 Å². The van der Waals surface area contributed by atoms with Crippen molar-refractivity contribution in [2.45, 2.75) is 63.8 Å². The van der Waals surface area contributed by atoms with Gasteiger partial charge in [-0.1, -0.05) is 24.3 Å². The highest BCUT2D eigenvalue weighted by Crippen LogP contribution is 2.21. The van der Waals surface area contributed by atoms with Gasteiger partial charge in [0.05, 0.1) is 0 Å². The van der Waals surface area contributed by atoms with Crippen LogP contribution in [-0.4, -0.2) is 90.7 Å². The van der Waals surface area contributed by atoms with Gasteiger partial charge in [-0.05, 0) is 108 Å². The number of ether oxygens (including phenoxy) is 1. The molecule has 1 amide bonds. The van der Waals surface area contributed by atoms with E-state index in [2.05, 4.69) is 39.6 Å². The molecule has 1 fully saturated rings. The second-order valence-corrected chi connectivity index (χ2v) is 11.5. The molecule has 1 aromatic carbocycles. The lowest BCUT2D eigenvalue weighted by molar-refractivity contribution is -0.142. The van der Waals surface area contributed by atoms with E-state index in [1.54, 1.807) is 0 Å². The van der Waals surface area contributed by atoms with Crippen LogP contribution in [0.5, 0.6) is 5.75 Å². The number of nitrogens with one attached hydrogen (secondary N) is 2. The number of benzene rings is 1. The van der Waals surface area contributed by atoms with E-state index in [0.29, 0.717) is 38.5 Å². The number of carboxylic acids is 1. The molecule has 0 radical (unpaired) electrons. The third-order valence-electron chi connectivity index (χ3n) is 8.21. The van der Waals surface area contributed by atoms with Gasteiger partial charge in [-0.15, -0.1) is 0 Å². The highest BCUT2D eigenvalue weighted by atomic mass is 16.5. The summed E-state index contributed by atoms with van der Waals surface area (Å²) in [6.45, 7) is 5.56. The van der Waals surface area contributed by atoms with Crippen molar-refractivity contribution in [2.75, 3.05) is 58.2 Å². The number of carbonyl (C=O) groups is 2. The first kappa shape index (κ1) is 30.8. The van der Waals surface area contributed by atoms with Gasteiger partial charge in [0.15, 0.2) is 0 Å². The van der Waals surface area contributed by atoms with Crippen molar-refractivity contribution in [3.05, 3.63) is 53.7 Å². The lowest BCUT2D eigenvalue weighted by atomic mass is 9.93. The molecule has 1 saturated heterocycles. The van der Waals surface area contributed by atoms with Crippen LogP contribution in [0, 0.1) is 5.92 Å². The maximum atomic E-state index is 12.7. The highest BCUT2D eigenvalue weighted by molar-refractivity contribution is 5.83. The zero-order valence-corrected chi connectivity index (χ0v) is 24.5. The molecule has 9 heteroatoms. The lowest BCUT2D eigenvalue weighted by Gasteiger charge is -2.29. The molecule has 0 unspecified atom stereocenters. The zero-order valence-electron chi connectivity index (χ0n) is 24.5. The van der Waals surface area contributed by atoms with E-state index in [-0.39, 0.29) is 5.91 Å². The number of hydrogen-bond donors (Lipinski definition) is 3. The Balaban J connectivity index is 1.25. The standard InChI is InChI=1S/C32H47N5O4/c1-36-19-14-25(15-20-36)24-30(38)35-29(32(39)40)16-21-37(22-23-41-28-10-3-2-4-11-28)18-6-5-9-27-13-12-26-8-7-17-33-31(26)34-27/h2-4,10-13,25,29H,5-9,14-24H2,1H3,(H,33,34)(H,35,38)(H,39,40)/t29-/m0/s1. The average Bonchev–Trinajstić information content (AvgIpc) is 2.98.